The van der Waals surface area contributed by atoms with E-state index >= 15 is 0 Å². The summed E-state index contributed by atoms with van der Waals surface area (Å²) in [6.07, 6.45) is -4.54. The van der Waals surface area contributed by atoms with Crippen molar-refractivity contribution in [2.45, 2.75) is 26.1 Å². The molecule has 3 aromatic rings. The minimum atomic E-state index is -4.54. The third-order valence-corrected chi connectivity index (χ3v) is 4.06. The first-order valence-corrected chi connectivity index (χ1v) is 8.85. The van der Waals surface area contributed by atoms with Gasteiger partial charge in [-0.15, -0.1) is 0 Å². The molecule has 12 heteroatoms. The summed E-state index contributed by atoms with van der Waals surface area (Å²) in [5.74, 6) is -1.08. The van der Waals surface area contributed by atoms with Crippen molar-refractivity contribution in [1.82, 2.24) is 14.9 Å². The summed E-state index contributed by atoms with van der Waals surface area (Å²) in [5.41, 5.74) is -1.13. The highest BCUT2D eigenvalue weighted by Crippen LogP contribution is 2.31. The molecule has 0 aliphatic rings. The quantitative estimate of drug-likeness (QED) is 0.588. The van der Waals surface area contributed by atoms with Gasteiger partial charge in [0.05, 0.1) is 24.6 Å². The molecule has 0 aliphatic carbocycles. The van der Waals surface area contributed by atoms with E-state index < -0.39 is 29.7 Å². The fourth-order valence-electron chi connectivity index (χ4n) is 2.53. The first kappa shape index (κ1) is 21.9. The number of rotatable bonds is 6. The molecule has 164 valence electrons. The number of halogens is 3. The second kappa shape index (κ2) is 8.50. The van der Waals surface area contributed by atoms with Gasteiger partial charge in [0.25, 0.3) is 5.91 Å². The number of benzene rings is 1. The zero-order chi connectivity index (χ0) is 22.8. The second-order valence-corrected chi connectivity index (χ2v) is 6.40. The van der Waals surface area contributed by atoms with Crippen LogP contribution in [0.15, 0.2) is 41.1 Å². The van der Waals surface area contributed by atoms with E-state index in [4.69, 9.17) is 14.0 Å². The molecule has 9 nitrogen and oxygen atoms in total. The Bertz CT molecular complexity index is 1110. The highest BCUT2D eigenvalue weighted by molar-refractivity contribution is 5.97. The molecule has 0 saturated carbocycles. The zero-order valence-electron chi connectivity index (χ0n) is 16.6. The number of methoxy groups -OCH3 is 1. The van der Waals surface area contributed by atoms with Gasteiger partial charge in [-0.2, -0.15) is 18.3 Å². The zero-order valence-corrected chi connectivity index (χ0v) is 16.6. The number of hydrogen-bond donors (Lipinski definition) is 1. The smallest absolute Gasteiger partial charge is 0.416 e. The number of carbonyl (C=O) groups excluding carboxylic acids is 2. The van der Waals surface area contributed by atoms with Gasteiger partial charge in [-0.3, -0.25) is 4.79 Å². The number of alkyl halides is 3. The van der Waals surface area contributed by atoms with E-state index in [-0.39, 0.29) is 22.9 Å². The molecular formula is C19H17F3N4O5. The summed E-state index contributed by atoms with van der Waals surface area (Å²) < 4.78 is 54.9. The van der Waals surface area contributed by atoms with Crippen LogP contribution >= 0.6 is 0 Å². The molecule has 0 bridgehead atoms. The molecule has 0 aliphatic heterocycles. The summed E-state index contributed by atoms with van der Waals surface area (Å²) in [6, 6.07) is 5.86. The van der Waals surface area contributed by atoms with Gasteiger partial charge in [-0.05, 0) is 32.0 Å². The van der Waals surface area contributed by atoms with Gasteiger partial charge < -0.3 is 19.3 Å². The topological polar surface area (TPSA) is 108 Å². The number of nitrogens with zero attached hydrogens (tertiary/aromatic N) is 3. The van der Waals surface area contributed by atoms with E-state index in [0.717, 1.165) is 16.8 Å². The molecule has 1 unspecified atom stereocenters. The van der Waals surface area contributed by atoms with Crippen LogP contribution in [0.4, 0.5) is 19.0 Å². The molecule has 0 spiro atoms. The van der Waals surface area contributed by atoms with Crippen molar-refractivity contribution < 1.29 is 36.8 Å². The van der Waals surface area contributed by atoms with Gasteiger partial charge >= 0.3 is 12.1 Å². The van der Waals surface area contributed by atoms with Crippen molar-refractivity contribution in [3.8, 4) is 11.4 Å². The fourth-order valence-corrected chi connectivity index (χ4v) is 2.53. The fraction of sp³-hybridized carbons (Fsp3) is 0.263. The first-order valence-electron chi connectivity index (χ1n) is 8.85. The normalized spacial score (nSPS) is 12.3. The molecular weight excluding hydrogens is 421 g/mol. The number of ether oxygens (including phenoxy) is 2. The van der Waals surface area contributed by atoms with Crippen LogP contribution in [0.25, 0.3) is 5.69 Å². The summed E-state index contributed by atoms with van der Waals surface area (Å²) in [5, 5.41) is 9.98. The molecule has 2 heterocycles. The lowest BCUT2D eigenvalue weighted by Crippen LogP contribution is -2.30. The maximum absolute atomic E-state index is 13.0. The van der Waals surface area contributed by atoms with Crippen molar-refractivity contribution in [2.24, 2.45) is 0 Å². The summed E-state index contributed by atoms with van der Waals surface area (Å²) >= 11 is 0. The first-order chi connectivity index (χ1) is 14.6. The molecule has 3 rings (SSSR count). The van der Waals surface area contributed by atoms with Crippen molar-refractivity contribution >= 4 is 17.7 Å². The predicted octanol–water partition coefficient (Wildman–Crippen LogP) is 3.38. The van der Waals surface area contributed by atoms with Crippen LogP contribution in [0.2, 0.25) is 0 Å². The standard InChI is InChI=1S/C19H17F3N4O5/c1-10-7-15(25-31-10)23-17(27)11(2)30-18(28)16-14(29-3)9-26(24-16)13-6-4-5-12(8-13)19(20,21)22/h4-9,11H,1-3H3,(H,23,25,27). The average molecular weight is 438 g/mol. The van der Waals surface area contributed by atoms with Crippen LogP contribution in [0.5, 0.6) is 5.75 Å². The van der Waals surface area contributed by atoms with E-state index in [1.54, 1.807) is 6.92 Å². The number of amides is 1. The largest absolute Gasteiger partial charge is 0.493 e. The predicted molar refractivity (Wildman–Crippen MR) is 99.9 cm³/mol. The van der Waals surface area contributed by atoms with Gasteiger partial charge in [0.2, 0.25) is 5.69 Å². The van der Waals surface area contributed by atoms with Crippen LogP contribution in [0.3, 0.4) is 0 Å². The third-order valence-electron chi connectivity index (χ3n) is 4.06. The molecule has 1 N–H and O–H groups in total. The van der Waals surface area contributed by atoms with Crippen LogP contribution in [-0.4, -0.2) is 40.0 Å². The van der Waals surface area contributed by atoms with Gasteiger partial charge in [0.15, 0.2) is 17.7 Å². The number of aromatic nitrogens is 3. The molecule has 0 radical (unpaired) electrons. The second-order valence-electron chi connectivity index (χ2n) is 6.40. The van der Waals surface area contributed by atoms with E-state index in [2.05, 4.69) is 15.6 Å². The van der Waals surface area contributed by atoms with Gasteiger partial charge in [-0.1, -0.05) is 11.2 Å². The van der Waals surface area contributed by atoms with Crippen LogP contribution < -0.4 is 10.1 Å². The van der Waals surface area contributed by atoms with Gasteiger partial charge in [0.1, 0.15) is 5.76 Å². The minimum Gasteiger partial charge on any atom is -0.493 e. The average Bonchev–Trinajstić information content (AvgIpc) is 3.33. The van der Waals surface area contributed by atoms with E-state index in [1.165, 1.54) is 38.4 Å². The van der Waals surface area contributed by atoms with Gasteiger partial charge in [0, 0.05) is 6.07 Å². The Hall–Kier alpha value is -3.83. The lowest BCUT2D eigenvalue weighted by molar-refractivity contribution is -0.137. The third kappa shape index (κ3) is 5.02. The maximum atomic E-state index is 13.0. The molecule has 2 aromatic heterocycles. The summed E-state index contributed by atoms with van der Waals surface area (Å²) in [7, 11) is 1.26. The summed E-state index contributed by atoms with van der Waals surface area (Å²) in [4.78, 5) is 24.7. The Morgan fingerprint density at radius 2 is 2.00 bits per heavy atom. The number of hydrogen-bond acceptors (Lipinski definition) is 7. The molecule has 1 amide bonds. The Morgan fingerprint density at radius 1 is 1.26 bits per heavy atom. The lowest BCUT2D eigenvalue weighted by Gasteiger charge is -2.11. The van der Waals surface area contributed by atoms with Crippen molar-refractivity contribution in [1.29, 1.82) is 0 Å². The minimum absolute atomic E-state index is 0.0397. The lowest BCUT2D eigenvalue weighted by atomic mass is 10.2. The van der Waals surface area contributed by atoms with E-state index in [0.29, 0.717) is 5.76 Å². The number of anilines is 1. The Balaban J connectivity index is 1.77. The Kier molecular flexibility index (Phi) is 5.99. The highest BCUT2D eigenvalue weighted by Gasteiger charge is 2.31. The van der Waals surface area contributed by atoms with Crippen molar-refractivity contribution in [3.63, 3.8) is 0 Å². The Morgan fingerprint density at radius 3 is 2.61 bits per heavy atom. The molecule has 0 fully saturated rings. The number of carbonyl (C=O) groups is 2. The number of esters is 1. The monoisotopic (exact) mass is 438 g/mol. The highest BCUT2D eigenvalue weighted by atomic mass is 19.4. The van der Waals surface area contributed by atoms with Crippen molar-refractivity contribution in [3.05, 3.63) is 53.5 Å². The van der Waals surface area contributed by atoms with E-state index in [9.17, 15) is 22.8 Å². The van der Waals surface area contributed by atoms with E-state index in [1.807, 2.05) is 0 Å². The van der Waals surface area contributed by atoms with Crippen LogP contribution in [0.1, 0.15) is 28.7 Å². The molecule has 1 atom stereocenters. The van der Waals surface area contributed by atoms with Crippen molar-refractivity contribution in [2.75, 3.05) is 12.4 Å². The molecule has 0 saturated heterocycles. The molecule has 31 heavy (non-hydrogen) atoms. The maximum Gasteiger partial charge on any atom is 0.416 e. The van der Waals surface area contributed by atoms with Crippen LogP contribution in [-0.2, 0) is 15.7 Å². The number of aryl methyl sites for hydroxylation is 1. The van der Waals surface area contributed by atoms with Crippen LogP contribution in [0, 0.1) is 6.92 Å². The summed E-state index contributed by atoms with van der Waals surface area (Å²) in [6.45, 7) is 2.97. The number of nitrogens with one attached hydrogen (secondary N) is 1. The Labute approximate surface area is 173 Å². The SMILES string of the molecule is COc1cn(-c2cccc(C(F)(F)F)c2)nc1C(=O)OC(C)C(=O)Nc1cc(C)on1. The molecule has 1 aromatic carbocycles. The van der Waals surface area contributed by atoms with Gasteiger partial charge in [-0.25, -0.2) is 9.48 Å².